The maximum atomic E-state index is 6.42. The Morgan fingerprint density at radius 1 is 0.900 bits per heavy atom. The summed E-state index contributed by atoms with van der Waals surface area (Å²) in [6.07, 6.45) is 5.81. The van der Waals surface area contributed by atoms with Gasteiger partial charge in [-0.25, -0.2) is 0 Å². The van der Waals surface area contributed by atoms with E-state index in [0.29, 0.717) is 12.0 Å². The van der Waals surface area contributed by atoms with Gasteiger partial charge in [-0.15, -0.1) is 0 Å². The lowest BCUT2D eigenvalue weighted by atomic mass is 9.92. The van der Waals surface area contributed by atoms with E-state index in [1.54, 1.807) is 0 Å². The summed E-state index contributed by atoms with van der Waals surface area (Å²) in [5, 5.41) is 0. The third-order valence-corrected chi connectivity index (χ3v) is 4.53. The smallest absolute Gasteiger partial charge is 0.00736 e. The van der Waals surface area contributed by atoms with Gasteiger partial charge in [0.15, 0.2) is 0 Å². The van der Waals surface area contributed by atoms with Crippen molar-refractivity contribution in [2.75, 3.05) is 0 Å². The minimum absolute atomic E-state index is 0.339. The highest BCUT2D eigenvalue weighted by atomic mass is 14.7. The highest BCUT2D eigenvalue weighted by Crippen LogP contribution is 2.29. The summed E-state index contributed by atoms with van der Waals surface area (Å²) in [5.41, 5.74) is 10.9. The average Bonchev–Trinajstić information content (AvgIpc) is 2.92. The van der Waals surface area contributed by atoms with E-state index in [4.69, 9.17) is 5.73 Å². The van der Waals surface area contributed by atoms with Gasteiger partial charge in [0, 0.05) is 6.04 Å². The second-order valence-electron chi connectivity index (χ2n) is 5.98. The van der Waals surface area contributed by atoms with Crippen molar-refractivity contribution in [3.05, 3.63) is 71.3 Å². The van der Waals surface area contributed by atoms with E-state index in [1.165, 1.54) is 36.0 Å². The van der Waals surface area contributed by atoms with Crippen molar-refractivity contribution in [1.82, 2.24) is 0 Å². The molecule has 0 amide bonds. The van der Waals surface area contributed by atoms with Crippen molar-refractivity contribution < 1.29 is 0 Å². The summed E-state index contributed by atoms with van der Waals surface area (Å²) in [6, 6.07) is 19.8. The van der Waals surface area contributed by atoms with Gasteiger partial charge in [0.1, 0.15) is 0 Å². The van der Waals surface area contributed by atoms with E-state index in [2.05, 4.69) is 54.6 Å². The van der Waals surface area contributed by atoms with Crippen molar-refractivity contribution in [2.24, 2.45) is 11.7 Å². The molecule has 1 heteroatoms. The van der Waals surface area contributed by atoms with Gasteiger partial charge in [0.05, 0.1) is 0 Å². The van der Waals surface area contributed by atoms with Crippen LogP contribution in [0.3, 0.4) is 0 Å². The van der Waals surface area contributed by atoms with Crippen molar-refractivity contribution in [3.63, 3.8) is 0 Å². The fourth-order valence-electron chi connectivity index (χ4n) is 3.32. The third kappa shape index (κ3) is 3.10. The normalized spacial score (nSPS) is 16.1. The molecule has 1 unspecified atom stereocenters. The van der Waals surface area contributed by atoms with Gasteiger partial charge < -0.3 is 5.73 Å². The molecule has 0 saturated carbocycles. The van der Waals surface area contributed by atoms with Crippen LogP contribution >= 0.6 is 0 Å². The molecule has 0 saturated heterocycles. The molecule has 104 valence electrons. The highest BCUT2D eigenvalue weighted by Gasteiger charge is 2.25. The van der Waals surface area contributed by atoms with E-state index in [9.17, 15) is 0 Å². The number of aryl methyl sites for hydroxylation is 1. The molecule has 1 atom stereocenters. The number of hydrogen-bond donors (Lipinski definition) is 1. The number of nitrogens with two attached hydrogens (primary N) is 1. The van der Waals surface area contributed by atoms with E-state index in [-0.39, 0.29) is 0 Å². The molecular formula is C19H23N. The molecule has 1 aliphatic rings. The zero-order chi connectivity index (χ0) is 13.8. The van der Waals surface area contributed by atoms with Crippen LogP contribution in [0.5, 0.6) is 0 Å². The largest absolute Gasteiger partial charge is 0.327 e. The summed E-state index contributed by atoms with van der Waals surface area (Å²) in [6.45, 7) is 0. The molecule has 2 aromatic carbocycles. The van der Waals surface area contributed by atoms with Gasteiger partial charge in [0.25, 0.3) is 0 Å². The number of hydrogen-bond acceptors (Lipinski definition) is 1. The number of benzene rings is 2. The molecular weight excluding hydrogens is 242 g/mol. The van der Waals surface area contributed by atoms with Crippen molar-refractivity contribution in [2.45, 2.75) is 38.1 Å². The Morgan fingerprint density at radius 3 is 2.15 bits per heavy atom. The Hall–Kier alpha value is -1.60. The van der Waals surface area contributed by atoms with Crippen LogP contribution in [0.15, 0.2) is 54.6 Å². The zero-order valence-corrected chi connectivity index (χ0v) is 12.0. The highest BCUT2D eigenvalue weighted by molar-refractivity contribution is 5.32. The Bertz CT molecular complexity index is 522. The first-order valence-corrected chi connectivity index (χ1v) is 7.69. The molecule has 2 aromatic rings. The van der Waals surface area contributed by atoms with E-state index >= 15 is 0 Å². The summed E-state index contributed by atoms with van der Waals surface area (Å²) in [4.78, 5) is 0. The fraction of sp³-hybridized carbons (Fsp3) is 0.368. The fourth-order valence-corrected chi connectivity index (χ4v) is 3.32. The lowest BCUT2D eigenvalue weighted by molar-refractivity contribution is 0.408. The van der Waals surface area contributed by atoms with Crippen LogP contribution < -0.4 is 5.73 Å². The lowest BCUT2D eigenvalue weighted by Gasteiger charge is -2.18. The third-order valence-electron chi connectivity index (χ3n) is 4.53. The van der Waals surface area contributed by atoms with Gasteiger partial charge in [0.2, 0.25) is 0 Å². The van der Waals surface area contributed by atoms with Crippen molar-refractivity contribution in [3.8, 4) is 0 Å². The quantitative estimate of drug-likeness (QED) is 0.875. The second kappa shape index (κ2) is 6.23. The average molecular weight is 265 g/mol. The molecule has 0 radical (unpaired) electrons. The summed E-state index contributed by atoms with van der Waals surface area (Å²) >= 11 is 0. The van der Waals surface area contributed by atoms with Gasteiger partial charge in [-0.3, -0.25) is 0 Å². The molecule has 3 rings (SSSR count). The molecule has 0 bridgehead atoms. The minimum Gasteiger partial charge on any atom is -0.327 e. The van der Waals surface area contributed by atoms with Crippen LogP contribution in [0.25, 0.3) is 0 Å². The topological polar surface area (TPSA) is 26.0 Å². The predicted octanol–water partition coefficient (Wildman–Crippen LogP) is 3.75. The van der Waals surface area contributed by atoms with Crippen LogP contribution in [0.2, 0.25) is 0 Å². The van der Waals surface area contributed by atoms with Crippen LogP contribution in [-0.4, -0.2) is 6.04 Å². The van der Waals surface area contributed by atoms with Gasteiger partial charge >= 0.3 is 0 Å². The summed E-state index contributed by atoms with van der Waals surface area (Å²) in [5.74, 6) is 0.642. The SMILES string of the molecule is NC(CCCc1ccccc1)C1Cc2ccccc2C1. The molecule has 1 nitrogen and oxygen atoms in total. The monoisotopic (exact) mass is 265 g/mol. The second-order valence-corrected chi connectivity index (χ2v) is 5.98. The molecule has 20 heavy (non-hydrogen) atoms. The Morgan fingerprint density at radius 2 is 1.50 bits per heavy atom. The molecule has 0 heterocycles. The molecule has 0 fully saturated rings. The van der Waals surface area contributed by atoms with Gasteiger partial charge in [-0.05, 0) is 54.7 Å². The van der Waals surface area contributed by atoms with Crippen LogP contribution in [0, 0.1) is 5.92 Å². The van der Waals surface area contributed by atoms with Crippen molar-refractivity contribution >= 4 is 0 Å². The number of fused-ring (bicyclic) bond motifs is 1. The number of rotatable bonds is 5. The minimum atomic E-state index is 0.339. The molecule has 2 N–H and O–H groups in total. The zero-order valence-electron chi connectivity index (χ0n) is 12.0. The molecule has 0 spiro atoms. The molecule has 0 aromatic heterocycles. The van der Waals surface area contributed by atoms with Gasteiger partial charge in [-0.2, -0.15) is 0 Å². The van der Waals surface area contributed by atoms with Crippen LogP contribution in [-0.2, 0) is 19.3 Å². The standard InChI is InChI=1S/C19H23N/c20-19(12-6-9-15-7-2-1-3-8-15)18-13-16-10-4-5-11-17(16)14-18/h1-5,7-8,10-11,18-19H,6,9,12-14,20H2. The van der Waals surface area contributed by atoms with Crippen molar-refractivity contribution in [1.29, 1.82) is 0 Å². The first-order valence-electron chi connectivity index (χ1n) is 7.69. The molecule has 1 aliphatic carbocycles. The van der Waals surface area contributed by atoms with E-state index in [0.717, 1.165) is 12.8 Å². The Balaban J connectivity index is 1.48. The van der Waals surface area contributed by atoms with Crippen LogP contribution in [0.4, 0.5) is 0 Å². The molecule has 0 aliphatic heterocycles. The maximum Gasteiger partial charge on any atom is 0.00736 e. The Kier molecular flexibility index (Phi) is 4.17. The van der Waals surface area contributed by atoms with E-state index < -0.39 is 0 Å². The first-order chi connectivity index (χ1) is 9.83. The summed E-state index contributed by atoms with van der Waals surface area (Å²) in [7, 11) is 0. The lowest BCUT2D eigenvalue weighted by Crippen LogP contribution is -2.30. The van der Waals surface area contributed by atoms with E-state index in [1.807, 2.05) is 0 Å². The van der Waals surface area contributed by atoms with Crippen LogP contribution in [0.1, 0.15) is 29.5 Å². The predicted molar refractivity (Wildman–Crippen MR) is 84.7 cm³/mol. The van der Waals surface area contributed by atoms with Gasteiger partial charge in [-0.1, -0.05) is 54.6 Å². The Labute approximate surface area is 121 Å². The maximum absolute atomic E-state index is 6.42. The first kappa shape index (κ1) is 13.4. The summed E-state index contributed by atoms with van der Waals surface area (Å²) < 4.78 is 0.